The number of allylic oxidation sites excluding steroid dienone is 1. The number of rotatable bonds is 2. The molecule has 3 rings (SSSR count). The Morgan fingerprint density at radius 3 is 2.65 bits per heavy atom. The third-order valence-electron chi connectivity index (χ3n) is 3.07. The van der Waals surface area contributed by atoms with Gasteiger partial charge in [-0.15, -0.1) is 6.58 Å². The number of fused-ring (bicyclic) bond motifs is 3. The van der Waals surface area contributed by atoms with Gasteiger partial charge >= 0.3 is 0 Å². The molecule has 0 aliphatic carbocycles. The molecule has 0 atom stereocenters. The van der Waals surface area contributed by atoms with E-state index in [0.717, 1.165) is 12.1 Å². The van der Waals surface area contributed by atoms with Gasteiger partial charge in [-0.2, -0.15) is 0 Å². The summed E-state index contributed by atoms with van der Waals surface area (Å²) in [6.07, 6.45) is 1.87. The molecule has 2 heteroatoms. The van der Waals surface area contributed by atoms with Crippen LogP contribution < -0.4 is 0 Å². The second kappa shape index (κ2) is 3.67. The van der Waals surface area contributed by atoms with Crippen molar-refractivity contribution in [3.05, 3.63) is 55.1 Å². The van der Waals surface area contributed by atoms with Crippen LogP contribution in [-0.2, 0) is 6.54 Å². The lowest BCUT2D eigenvalue weighted by Crippen LogP contribution is -1.93. The van der Waals surface area contributed by atoms with E-state index in [1.165, 1.54) is 16.3 Å². The SMILES string of the molecule is C=CCn1c2ccccc2c2ccc(O)cc21. The summed E-state index contributed by atoms with van der Waals surface area (Å²) < 4.78 is 2.16. The molecule has 2 aromatic carbocycles. The van der Waals surface area contributed by atoms with Gasteiger partial charge in [0.1, 0.15) is 5.75 Å². The van der Waals surface area contributed by atoms with Gasteiger partial charge in [0.25, 0.3) is 0 Å². The van der Waals surface area contributed by atoms with Crippen molar-refractivity contribution in [2.75, 3.05) is 0 Å². The van der Waals surface area contributed by atoms with E-state index in [-0.39, 0.29) is 0 Å². The van der Waals surface area contributed by atoms with E-state index in [9.17, 15) is 5.11 Å². The fourth-order valence-electron chi connectivity index (χ4n) is 2.36. The maximum Gasteiger partial charge on any atom is 0.117 e. The van der Waals surface area contributed by atoms with Crippen molar-refractivity contribution < 1.29 is 5.11 Å². The molecule has 1 heterocycles. The molecule has 1 aromatic heterocycles. The second-order valence-electron chi connectivity index (χ2n) is 4.12. The molecule has 84 valence electrons. The lowest BCUT2D eigenvalue weighted by atomic mass is 10.1. The summed E-state index contributed by atoms with van der Waals surface area (Å²) in [5.74, 6) is 0.297. The highest BCUT2D eigenvalue weighted by atomic mass is 16.3. The van der Waals surface area contributed by atoms with Crippen molar-refractivity contribution in [3.8, 4) is 5.75 Å². The van der Waals surface area contributed by atoms with Crippen molar-refractivity contribution in [3.63, 3.8) is 0 Å². The second-order valence-corrected chi connectivity index (χ2v) is 4.12. The van der Waals surface area contributed by atoms with Crippen molar-refractivity contribution in [1.29, 1.82) is 0 Å². The summed E-state index contributed by atoms with van der Waals surface area (Å²) in [5, 5.41) is 12.0. The number of aromatic hydroxyl groups is 1. The number of phenolic OH excluding ortho intramolecular Hbond substituents is 1. The monoisotopic (exact) mass is 223 g/mol. The van der Waals surface area contributed by atoms with E-state index in [2.05, 4.69) is 23.3 Å². The molecule has 0 aliphatic heterocycles. The molecule has 0 saturated carbocycles. The van der Waals surface area contributed by atoms with Crippen LogP contribution in [0, 0.1) is 0 Å². The number of hydrogen-bond donors (Lipinski definition) is 1. The minimum atomic E-state index is 0.297. The fourth-order valence-corrected chi connectivity index (χ4v) is 2.36. The van der Waals surface area contributed by atoms with Gasteiger partial charge in [-0.25, -0.2) is 0 Å². The summed E-state index contributed by atoms with van der Waals surface area (Å²) in [6.45, 7) is 4.53. The highest BCUT2D eigenvalue weighted by molar-refractivity contribution is 6.08. The van der Waals surface area contributed by atoms with Gasteiger partial charge in [-0.1, -0.05) is 24.3 Å². The van der Waals surface area contributed by atoms with E-state index in [1.807, 2.05) is 24.3 Å². The van der Waals surface area contributed by atoms with Crippen LogP contribution in [0.4, 0.5) is 0 Å². The first-order valence-electron chi connectivity index (χ1n) is 5.62. The Bertz CT molecular complexity index is 709. The van der Waals surface area contributed by atoms with Crippen LogP contribution in [0.1, 0.15) is 0 Å². The fraction of sp³-hybridized carbons (Fsp3) is 0.0667. The highest BCUT2D eigenvalue weighted by Crippen LogP contribution is 2.30. The molecule has 0 amide bonds. The molecule has 0 bridgehead atoms. The van der Waals surface area contributed by atoms with E-state index in [0.29, 0.717) is 5.75 Å². The minimum Gasteiger partial charge on any atom is -0.508 e. The molecule has 0 spiro atoms. The topological polar surface area (TPSA) is 25.2 Å². The lowest BCUT2D eigenvalue weighted by Gasteiger charge is -2.03. The van der Waals surface area contributed by atoms with Crippen LogP contribution in [0.5, 0.6) is 5.75 Å². The van der Waals surface area contributed by atoms with E-state index in [1.54, 1.807) is 12.1 Å². The van der Waals surface area contributed by atoms with Gasteiger partial charge in [0.15, 0.2) is 0 Å². The van der Waals surface area contributed by atoms with Gasteiger partial charge in [-0.05, 0) is 18.2 Å². The predicted molar refractivity (Wildman–Crippen MR) is 71.3 cm³/mol. The average molecular weight is 223 g/mol. The van der Waals surface area contributed by atoms with Crippen LogP contribution in [0.2, 0.25) is 0 Å². The van der Waals surface area contributed by atoms with Crippen LogP contribution >= 0.6 is 0 Å². The Morgan fingerprint density at radius 1 is 1.06 bits per heavy atom. The molecular formula is C15H13NO. The largest absolute Gasteiger partial charge is 0.508 e. The molecular weight excluding hydrogens is 210 g/mol. The molecule has 17 heavy (non-hydrogen) atoms. The standard InChI is InChI=1S/C15H13NO/c1-2-9-16-14-6-4-3-5-12(14)13-8-7-11(17)10-15(13)16/h2-8,10,17H,1,9H2. The van der Waals surface area contributed by atoms with Crippen molar-refractivity contribution in [1.82, 2.24) is 4.57 Å². The molecule has 1 N–H and O–H groups in total. The number of hydrogen-bond acceptors (Lipinski definition) is 1. The predicted octanol–water partition coefficient (Wildman–Crippen LogP) is 3.69. The molecule has 3 aromatic rings. The molecule has 0 unspecified atom stereocenters. The Morgan fingerprint density at radius 2 is 1.82 bits per heavy atom. The van der Waals surface area contributed by atoms with Gasteiger partial charge in [0.05, 0.1) is 5.52 Å². The van der Waals surface area contributed by atoms with Crippen LogP contribution in [-0.4, -0.2) is 9.67 Å². The summed E-state index contributed by atoms with van der Waals surface area (Å²) in [7, 11) is 0. The number of nitrogens with zero attached hydrogens (tertiary/aromatic N) is 1. The first-order valence-corrected chi connectivity index (χ1v) is 5.62. The first kappa shape index (κ1) is 9.97. The summed E-state index contributed by atoms with van der Waals surface area (Å²) in [6, 6.07) is 13.8. The number of para-hydroxylation sites is 1. The Labute approximate surface area is 99.4 Å². The van der Waals surface area contributed by atoms with Crippen LogP contribution in [0.25, 0.3) is 21.8 Å². The Hall–Kier alpha value is -2.22. The lowest BCUT2D eigenvalue weighted by molar-refractivity contribution is 0.476. The normalized spacial score (nSPS) is 11.1. The summed E-state index contributed by atoms with van der Waals surface area (Å²) in [4.78, 5) is 0. The van der Waals surface area contributed by atoms with E-state index >= 15 is 0 Å². The first-order chi connectivity index (χ1) is 8.31. The summed E-state index contributed by atoms with van der Waals surface area (Å²) in [5.41, 5.74) is 2.22. The van der Waals surface area contributed by atoms with E-state index < -0.39 is 0 Å². The van der Waals surface area contributed by atoms with Crippen molar-refractivity contribution in [2.24, 2.45) is 0 Å². The maximum absolute atomic E-state index is 9.61. The number of benzene rings is 2. The smallest absolute Gasteiger partial charge is 0.117 e. The Kier molecular flexibility index (Phi) is 2.15. The third kappa shape index (κ3) is 1.41. The molecule has 0 aliphatic rings. The zero-order chi connectivity index (χ0) is 11.8. The highest BCUT2D eigenvalue weighted by Gasteiger charge is 2.09. The van der Waals surface area contributed by atoms with Gasteiger partial charge in [0.2, 0.25) is 0 Å². The average Bonchev–Trinajstić information content (AvgIpc) is 2.65. The maximum atomic E-state index is 9.61. The van der Waals surface area contributed by atoms with Crippen LogP contribution in [0.15, 0.2) is 55.1 Å². The molecule has 2 nitrogen and oxygen atoms in total. The molecule has 0 fully saturated rings. The zero-order valence-electron chi connectivity index (χ0n) is 9.43. The minimum absolute atomic E-state index is 0.297. The third-order valence-corrected chi connectivity index (χ3v) is 3.07. The molecule has 0 radical (unpaired) electrons. The van der Waals surface area contributed by atoms with Gasteiger partial charge in [-0.3, -0.25) is 0 Å². The number of aromatic nitrogens is 1. The van der Waals surface area contributed by atoms with Gasteiger partial charge in [0, 0.05) is 28.9 Å². The Balaban J connectivity index is 2.52. The van der Waals surface area contributed by atoms with Crippen molar-refractivity contribution in [2.45, 2.75) is 6.54 Å². The quantitative estimate of drug-likeness (QED) is 0.658. The zero-order valence-corrected chi connectivity index (χ0v) is 9.43. The van der Waals surface area contributed by atoms with Crippen LogP contribution in [0.3, 0.4) is 0 Å². The molecule has 0 saturated heterocycles. The van der Waals surface area contributed by atoms with Gasteiger partial charge < -0.3 is 9.67 Å². The van der Waals surface area contributed by atoms with E-state index in [4.69, 9.17) is 0 Å². The summed E-state index contributed by atoms with van der Waals surface area (Å²) >= 11 is 0. The number of phenols is 1. The van der Waals surface area contributed by atoms with Crippen molar-refractivity contribution >= 4 is 21.8 Å².